The van der Waals surface area contributed by atoms with E-state index in [1.165, 1.54) is 23.2 Å². The van der Waals surface area contributed by atoms with E-state index in [1.807, 2.05) is 0 Å². The Morgan fingerprint density at radius 3 is 2.41 bits per heavy atom. The number of aliphatic hydroxyl groups is 2. The maximum Gasteiger partial charge on any atom is 0.469 e. The first-order chi connectivity index (χ1) is 18.1. The second-order valence-electron chi connectivity index (χ2n) is 7.67. The molecular weight excluding hydrogens is 553 g/mol. The Hall–Kier alpha value is -3.88. The van der Waals surface area contributed by atoms with Crippen molar-refractivity contribution in [2.45, 2.75) is 37.0 Å². The lowest BCUT2D eigenvalue weighted by molar-refractivity contribution is -0.140. The number of carbonyl (C=O) groups excluding carboxylic acids is 1. The van der Waals surface area contributed by atoms with Crippen LogP contribution in [0.3, 0.4) is 0 Å². The molecule has 1 aliphatic heterocycles. The van der Waals surface area contributed by atoms with Crippen molar-refractivity contribution in [1.29, 1.82) is 0 Å². The average molecular weight is 579 g/mol. The number of hydrogen-bond acceptors (Lipinski definition) is 14. The van der Waals surface area contributed by atoms with Crippen molar-refractivity contribution in [3.05, 3.63) is 35.1 Å². The number of phosphoric acid groups is 1. The van der Waals surface area contributed by atoms with E-state index in [2.05, 4.69) is 29.6 Å². The maximum atomic E-state index is 11.7. The number of aromatic hydroxyl groups is 1. The molecule has 21 heteroatoms. The van der Waals surface area contributed by atoms with E-state index in [4.69, 9.17) is 36.2 Å². The zero-order chi connectivity index (χ0) is 29.5. The van der Waals surface area contributed by atoms with Crippen molar-refractivity contribution < 1.29 is 58.0 Å². The minimum atomic E-state index is -4.76. The van der Waals surface area contributed by atoms with Crippen molar-refractivity contribution in [2.24, 2.45) is 11.5 Å². The van der Waals surface area contributed by atoms with E-state index in [9.17, 15) is 29.2 Å². The number of carbonyl (C=O) groups is 2. The molecular formula is C18H26N7O13P. The predicted molar refractivity (Wildman–Crippen MR) is 126 cm³/mol. The fourth-order valence-corrected chi connectivity index (χ4v) is 3.31. The summed E-state index contributed by atoms with van der Waals surface area (Å²) in [4.78, 5) is 59.0. The van der Waals surface area contributed by atoms with Crippen molar-refractivity contribution in [1.82, 2.24) is 19.5 Å². The number of H-pyrrole nitrogens is 1. The normalized spacial score (nSPS) is 21.4. The van der Waals surface area contributed by atoms with Gasteiger partial charge < -0.3 is 56.6 Å². The van der Waals surface area contributed by atoms with Crippen molar-refractivity contribution in [3.8, 4) is 5.95 Å². The SMILES string of the molecule is NC(=O)CC(N)C(=O)O.Nc1nc2c(ncn2[C@@H]2O[C@H](COP(=O)(O)O)[C@@H](O)[C@H]2O)c(=O)[nH]1.Oc1ccco1. The molecule has 4 heterocycles. The number of primary amides is 1. The highest BCUT2D eigenvalue weighted by Gasteiger charge is 2.45. The largest absolute Gasteiger partial charge is 0.481 e. The molecule has 39 heavy (non-hydrogen) atoms. The van der Waals surface area contributed by atoms with E-state index in [0.717, 1.165) is 0 Å². The van der Waals surface area contributed by atoms with Crippen molar-refractivity contribution in [3.63, 3.8) is 0 Å². The summed E-state index contributed by atoms with van der Waals surface area (Å²) in [5.74, 6) is -2.13. The average Bonchev–Trinajstić information content (AvgIpc) is 3.53. The third-order valence-corrected chi connectivity index (χ3v) is 5.20. The number of furan rings is 1. The van der Waals surface area contributed by atoms with Crippen LogP contribution in [-0.4, -0.2) is 92.6 Å². The standard InChI is InChI=1S/C10H14N5O8P.C4H8N2O3.C4H4O2/c11-10-13-7-4(8(18)14-10)12-2-15(7)9-6(17)5(16)3(23-9)1-22-24(19,20)21;5-2(4(8)9)1-3(6)7;5-4-2-1-3-6-4/h2-3,5-6,9,16-17H,1H2,(H2,19,20,21)(H3,11,13,14,18);2H,1,5H2,(H2,6,7)(H,8,9);1-3,5H/t3-,5-,6-,9-;;/m1../s1. The highest BCUT2D eigenvalue weighted by atomic mass is 31.2. The van der Waals surface area contributed by atoms with Crippen molar-refractivity contribution in [2.75, 3.05) is 12.3 Å². The number of ether oxygens (including phenoxy) is 1. The summed E-state index contributed by atoms with van der Waals surface area (Å²) in [6.45, 7) is -0.651. The number of phosphoric ester groups is 1. The van der Waals surface area contributed by atoms with Gasteiger partial charge in [0.05, 0.1) is 25.6 Å². The van der Waals surface area contributed by atoms with Gasteiger partial charge in [-0.1, -0.05) is 0 Å². The Labute approximate surface area is 216 Å². The first-order valence-electron chi connectivity index (χ1n) is 10.5. The van der Waals surface area contributed by atoms with Gasteiger partial charge in [0.25, 0.3) is 11.5 Å². The van der Waals surface area contributed by atoms with E-state index in [-0.39, 0.29) is 29.5 Å². The molecule has 4 rings (SSSR count). The quantitative estimate of drug-likeness (QED) is 0.122. The molecule has 1 unspecified atom stereocenters. The van der Waals surface area contributed by atoms with Gasteiger partial charge in [-0.2, -0.15) is 4.98 Å². The highest BCUT2D eigenvalue weighted by Crippen LogP contribution is 2.38. The number of carboxylic acid groups (broad SMARTS) is 1. The molecule has 1 fully saturated rings. The summed E-state index contributed by atoms with van der Waals surface area (Å²) in [6, 6.07) is 1.93. The second kappa shape index (κ2) is 13.3. The number of hydrogen-bond donors (Lipinski definition) is 10. The Balaban J connectivity index is 0.000000291. The first kappa shape index (κ1) is 31.3. The van der Waals surface area contributed by atoms with Gasteiger partial charge >= 0.3 is 13.8 Å². The lowest BCUT2D eigenvalue weighted by Gasteiger charge is -2.16. The van der Waals surface area contributed by atoms with Crippen LogP contribution < -0.4 is 22.8 Å². The fourth-order valence-electron chi connectivity index (χ4n) is 2.97. The Morgan fingerprint density at radius 2 is 1.95 bits per heavy atom. The van der Waals surface area contributed by atoms with Gasteiger partial charge in [-0.3, -0.25) is 28.5 Å². The zero-order valence-electron chi connectivity index (χ0n) is 19.7. The van der Waals surface area contributed by atoms with Crippen LogP contribution in [-0.2, 0) is 23.4 Å². The Morgan fingerprint density at radius 1 is 1.28 bits per heavy atom. The molecule has 1 saturated heterocycles. The second-order valence-corrected chi connectivity index (χ2v) is 8.91. The molecule has 13 N–H and O–H groups in total. The van der Waals surface area contributed by atoms with Crippen LogP contribution >= 0.6 is 7.82 Å². The minimum Gasteiger partial charge on any atom is -0.481 e. The number of fused-ring (bicyclic) bond motifs is 1. The number of aromatic nitrogens is 4. The number of aliphatic carboxylic acids is 1. The fraction of sp³-hybridized carbons (Fsp3) is 0.389. The molecule has 3 aromatic rings. The zero-order valence-corrected chi connectivity index (χ0v) is 20.6. The van der Waals surface area contributed by atoms with Gasteiger partial charge in [-0.15, -0.1) is 0 Å². The number of aromatic amines is 1. The molecule has 0 radical (unpaired) electrons. The van der Waals surface area contributed by atoms with Crippen LogP contribution in [0.4, 0.5) is 5.95 Å². The monoisotopic (exact) mass is 579 g/mol. The van der Waals surface area contributed by atoms with Gasteiger partial charge in [0.15, 0.2) is 17.4 Å². The molecule has 5 atom stereocenters. The Bertz CT molecular complexity index is 1360. The van der Waals surface area contributed by atoms with E-state index in [1.54, 1.807) is 6.07 Å². The molecule has 0 saturated carbocycles. The summed E-state index contributed by atoms with van der Waals surface area (Å²) in [5, 5.41) is 36.5. The number of nitrogens with two attached hydrogens (primary N) is 3. The summed E-state index contributed by atoms with van der Waals surface area (Å²) in [7, 11) is -4.76. The molecule has 0 spiro atoms. The van der Waals surface area contributed by atoms with Crippen LogP contribution in [0, 0.1) is 0 Å². The van der Waals surface area contributed by atoms with E-state index in [0.29, 0.717) is 0 Å². The minimum absolute atomic E-state index is 0.0176. The number of anilines is 1. The number of imidazole rings is 1. The molecule has 3 aromatic heterocycles. The smallest absolute Gasteiger partial charge is 0.469 e. The number of aliphatic hydroxyl groups excluding tert-OH is 2. The topological polar surface area (TPSA) is 346 Å². The number of nitrogen functional groups attached to an aromatic ring is 1. The number of carboxylic acids is 1. The summed E-state index contributed by atoms with van der Waals surface area (Å²) in [5.41, 5.74) is 14.4. The molecule has 20 nitrogen and oxygen atoms in total. The number of nitrogens with one attached hydrogen (secondary N) is 1. The third kappa shape index (κ3) is 9.12. The highest BCUT2D eigenvalue weighted by molar-refractivity contribution is 7.46. The molecule has 1 aliphatic rings. The van der Waals surface area contributed by atoms with Crippen LogP contribution in [0.15, 0.2) is 33.9 Å². The van der Waals surface area contributed by atoms with Gasteiger partial charge in [0.2, 0.25) is 11.9 Å². The predicted octanol–water partition coefficient (Wildman–Crippen LogP) is -3.31. The summed E-state index contributed by atoms with van der Waals surface area (Å²) in [6.07, 6.45) is -3.11. The maximum absolute atomic E-state index is 11.7. The molecule has 216 valence electrons. The third-order valence-electron chi connectivity index (χ3n) is 4.71. The van der Waals surface area contributed by atoms with Gasteiger partial charge in [-0.25, -0.2) is 9.55 Å². The summed E-state index contributed by atoms with van der Waals surface area (Å²) >= 11 is 0. The number of nitrogens with zero attached hydrogens (tertiary/aromatic N) is 3. The van der Waals surface area contributed by atoms with Gasteiger partial charge in [-0.05, 0) is 6.07 Å². The van der Waals surface area contributed by atoms with E-state index >= 15 is 0 Å². The number of rotatable bonds is 7. The lowest BCUT2D eigenvalue weighted by atomic mass is 10.1. The lowest BCUT2D eigenvalue weighted by Crippen LogP contribution is -2.34. The summed E-state index contributed by atoms with van der Waals surface area (Å²) < 4.78 is 26.0. The molecule has 0 aromatic carbocycles. The van der Waals surface area contributed by atoms with Gasteiger partial charge in [0.1, 0.15) is 24.4 Å². The van der Waals surface area contributed by atoms with Crippen LogP contribution in [0.2, 0.25) is 0 Å². The van der Waals surface area contributed by atoms with Gasteiger partial charge in [0, 0.05) is 6.07 Å². The van der Waals surface area contributed by atoms with Crippen LogP contribution in [0.5, 0.6) is 5.95 Å². The first-order valence-corrected chi connectivity index (χ1v) is 12.1. The molecule has 0 bridgehead atoms. The number of amides is 1. The molecule has 1 amide bonds. The molecule has 0 aliphatic carbocycles. The van der Waals surface area contributed by atoms with Crippen LogP contribution in [0.25, 0.3) is 11.2 Å². The van der Waals surface area contributed by atoms with E-state index < -0.39 is 62.4 Å². The van der Waals surface area contributed by atoms with Crippen LogP contribution in [0.1, 0.15) is 12.6 Å². The van der Waals surface area contributed by atoms with Crippen molar-refractivity contribution >= 4 is 36.8 Å². The Kier molecular flexibility index (Phi) is 10.7.